The number of fused-ring (bicyclic) bond motifs is 1. The van der Waals surface area contributed by atoms with E-state index in [0.717, 1.165) is 49.7 Å². The van der Waals surface area contributed by atoms with Gasteiger partial charge in [-0.05, 0) is 35.6 Å². The van der Waals surface area contributed by atoms with Crippen LogP contribution >= 0.6 is 11.8 Å². The lowest BCUT2D eigenvalue weighted by atomic mass is 9.93. The number of ether oxygens (including phenoxy) is 3. The van der Waals surface area contributed by atoms with Crippen molar-refractivity contribution in [3.8, 4) is 5.75 Å². The standard InChI is InChI=1S/C32H36N4O5S/c1-3-16-40-31(38)29-23(2)34-32-36(26(22-42-32)20-28(37)33-12-13-35-14-17-39-18-15-35)30(29)25-10-7-11-27(19-25)41-21-24-8-5-4-6-9-24/h3-11,19,22,30H,1,12-18,20-21H2,2H3,(H,33,37)/t30-/m0/s1. The second-order valence-electron chi connectivity index (χ2n) is 10.1. The van der Waals surface area contributed by atoms with E-state index in [9.17, 15) is 9.59 Å². The van der Waals surface area contributed by atoms with Crippen molar-refractivity contribution < 1.29 is 23.8 Å². The fourth-order valence-electron chi connectivity index (χ4n) is 5.08. The summed E-state index contributed by atoms with van der Waals surface area (Å²) in [4.78, 5) is 35.4. The zero-order chi connectivity index (χ0) is 29.3. The van der Waals surface area contributed by atoms with Gasteiger partial charge in [-0.1, -0.05) is 66.9 Å². The fraction of sp³-hybridized carbons (Fsp3) is 0.344. The third-order valence-corrected chi connectivity index (χ3v) is 8.06. The van der Waals surface area contributed by atoms with Gasteiger partial charge in [0.25, 0.3) is 0 Å². The Labute approximate surface area is 250 Å². The molecule has 3 heterocycles. The first-order valence-electron chi connectivity index (χ1n) is 14.1. The minimum Gasteiger partial charge on any atom is -0.489 e. The summed E-state index contributed by atoms with van der Waals surface area (Å²) in [6, 6.07) is 17.1. The van der Waals surface area contributed by atoms with Crippen LogP contribution in [0.4, 0.5) is 0 Å². The van der Waals surface area contributed by atoms with E-state index in [-0.39, 0.29) is 18.9 Å². The van der Waals surface area contributed by atoms with Gasteiger partial charge in [-0.25, -0.2) is 9.79 Å². The second-order valence-corrected chi connectivity index (χ2v) is 10.9. The molecule has 2 aromatic carbocycles. The average Bonchev–Trinajstić information content (AvgIpc) is 3.40. The van der Waals surface area contributed by atoms with Gasteiger partial charge in [0.05, 0.1) is 36.9 Å². The van der Waals surface area contributed by atoms with Crippen LogP contribution in [0, 0.1) is 0 Å². The molecule has 3 aliphatic rings. The van der Waals surface area contributed by atoms with Crippen molar-refractivity contribution >= 4 is 28.8 Å². The summed E-state index contributed by atoms with van der Waals surface area (Å²) in [6.45, 7) is 10.5. The van der Waals surface area contributed by atoms with Crippen LogP contribution in [0.1, 0.15) is 30.5 Å². The molecule has 1 atom stereocenters. The number of carbonyl (C=O) groups excluding carboxylic acids is 2. The Bertz CT molecular complexity index is 1380. The normalized spacial score (nSPS) is 18.6. The van der Waals surface area contributed by atoms with Crippen LogP contribution in [-0.4, -0.2) is 72.8 Å². The maximum absolute atomic E-state index is 13.4. The fourth-order valence-corrected chi connectivity index (χ4v) is 6.04. The van der Waals surface area contributed by atoms with Gasteiger partial charge in [0, 0.05) is 31.9 Å². The molecule has 220 valence electrons. The van der Waals surface area contributed by atoms with E-state index in [1.54, 1.807) is 0 Å². The van der Waals surface area contributed by atoms with Crippen LogP contribution in [-0.2, 0) is 25.7 Å². The number of benzene rings is 2. The third kappa shape index (κ3) is 7.31. The number of hydrogen-bond donors (Lipinski definition) is 1. The number of carbonyl (C=O) groups is 2. The molecule has 1 saturated heterocycles. The minimum absolute atomic E-state index is 0.0854. The summed E-state index contributed by atoms with van der Waals surface area (Å²) in [6.07, 6.45) is 1.69. The topological polar surface area (TPSA) is 92.7 Å². The highest BCUT2D eigenvalue weighted by Gasteiger charge is 2.41. The monoisotopic (exact) mass is 588 g/mol. The molecule has 9 nitrogen and oxygen atoms in total. The Hall–Kier alpha value is -3.86. The number of nitrogens with one attached hydrogen (secondary N) is 1. The summed E-state index contributed by atoms with van der Waals surface area (Å²) in [5.74, 6) is 0.120. The number of hydrogen-bond acceptors (Lipinski definition) is 9. The average molecular weight is 589 g/mol. The number of allylic oxidation sites excluding steroid dienone is 1. The second kappa shape index (κ2) is 14.4. The molecule has 0 unspecified atom stereocenters. The van der Waals surface area contributed by atoms with Crippen LogP contribution < -0.4 is 10.1 Å². The van der Waals surface area contributed by atoms with Crippen molar-refractivity contribution in [2.24, 2.45) is 4.99 Å². The van der Waals surface area contributed by atoms with Crippen molar-refractivity contribution in [1.82, 2.24) is 15.1 Å². The summed E-state index contributed by atoms with van der Waals surface area (Å²) < 4.78 is 17.0. The van der Waals surface area contributed by atoms with E-state index < -0.39 is 12.0 Å². The summed E-state index contributed by atoms with van der Waals surface area (Å²) in [7, 11) is 0. The number of rotatable bonds is 12. The Balaban J connectivity index is 1.36. The SMILES string of the molecule is C=CCOC(=O)C1=C(C)N=C2SC=C(CC(=O)NCCN3CCOCC3)N2[C@H]1c1cccc(OCc2ccccc2)c1. The Morgan fingerprint density at radius 3 is 2.76 bits per heavy atom. The number of esters is 1. The molecule has 0 spiro atoms. The molecule has 5 rings (SSSR count). The molecule has 3 aliphatic heterocycles. The van der Waals surface area contributed by atoms with Crippen molar-refractivity contribution in [3.05, 3.63) is 101 Å². The van der Waals surface area contributed by atoms with Crippen LogP contribution in [0.5, 0.6) is 5.75 Å². The molecule has 0 bridgehead atoms. The van der Waals surface area contributed by atoms with Crippen LogP contribution in [0.3, 0.4) is 0 Å². The van der Waals surface area contributed by atoms with E-state index in [0.29, 0.717) is 35.3 Å². The van der Waals surface area contributed by atoms with Crippen LogP contribution in [0.25, 0.3) is 0 Å². The van der Waals surface area contributed by atoms with E-state index in [1.165, 1.54) is 17.8 Å². The van der Waals surface area contributed by atoms with Gasteiger partial charge in [0.15, 0.2) is 5.17 Å². The third-order valence-electron chi connectivity index (χ3n) is 7.17. The Morgan fingerprint density at radius 2 is 1.98 bits per heavy atom. The molecule has 0 aromatic heterocycles. The van der Waals surface area contributed by atoms with Crippen LogP contribution in [0.15, 0.2) is 94.6 Å². The number of amides is 1. The lowest BCUT2D eigenvalue weighted by Crippen LogP contribution is -2.42. The zero-order valence-corrected chi connectivity index (χ0v) is 24.6. The van der Waals surface area contributed by atoms with Gasteiger partial charge in [-0.15, -0.1) is 0 Å². The minimum atomic E-state index is -0.544. The number of nitrogens with zero attached hydrogens (tertiary/aromatic N) is 3. The van der Waals surface area contributed by atoms with Gasteiger partial charge in [-0.3, -0.25) is 9.69 Å². The number of morpholine rings is 1. The maximum Gasteiger partial charge on any atom is 0.338 e. The molecular formula is C32H36N4O5S. The van der Waals surface area contributed by atoms with Crippen molar-refractivity contribution in [1.29, 1.82) is 0 Å². The number of aliphatic imine (C=N–C) groups is 1. The largest absolute Gasteiger partial charge is 0.489 e. The van der Waals surface area contributed by atoms with Gasteiger partial charge >= 0.3 is 5.97 Å². The predicted molar refractivity (Wildman–Crippen MR) is 164 cm³/mol. The summed E-state index contributed by atoms with van der Waals surface area (Å²) in [5, 5.41) is 5.70. The molecule has 0 radical (unpaired) electrons. The van der Waals surface area contributed by atoms with Gasteiger partial charge in [0.1, 0.15) is 19.0 Å². The molecule has 0 saturated carbocycles. The van der Waals surface area contributed by atoms with Gasteiger partial charge in [0.2, 0.25) is 5.91 Å². The molecule has 2 aromatic rings. The van der Waals surface area contributed by atoms with Crippen molar-refractivity contribution in [2.75, 3.05) is 46.0 Å². The number of thioether (sulfide) groups is 1. The highest BCUT2D eigenvalue weighted by atomic mass is 32.2. The molecule has 42 heavy (non-hydrogen) atoms. The first-order valence-corrected chi connectivity index (χ1v) is 15.0. The van der Waals surface area contributed by atoms with Crippen molar-refractivity contribution in [2.45, 2.75) is 26.0 Å². The molecule has 0 aliphatic carbocycles. The highest BCUT2D eigenvalue weighted by Crippen LogP contribution is 2.45. The zero-order valence-electron chi connectivity index (χ0n) is 23.8. The quantitative estimate of drug-likeness (QED) is 0.288. The first-order chi connectivity index (χ1) is 20.5. The molecule has 1 fully saturated rings. The smallest absolute Gasteiger partial charge is 0.338 e. The molecule has 10 heteroatoms. The summed E-state index contributed by atoms with van der Waals surface area (Å²) >= 11 is 1.45. The van der Waals surface area contributed by atoms with E-state index >= 15 is 0 Å². The first kappa shape index (κ1) is 29.6. The van der Waals surface area contributed by atoms with E-state index in [2.05, 4.69) is 16.8 Å². The van der Waals surface area contributed by atoms with Crippen LogP contribution in [0.2, 0.25) is 0 Å². The van der Waals surface area contributed by atoms with E-state index in [1.807, 2.05) is 71.8 Å². The molecule has 1 amide bonds. The lowest BCUT2D eigenvalue weighted by molar-refractivity contribution is -0.138. The highest BCUT2D eigenvalue weighted by molar-refractivity contribution is 8.16. The Morgan fingerprint density at radius 1 is 1.17 bits per heavy atom. The lowest BCUT2D eigenvalue weighted by Gasteiger charge is -2.36. The maximum atomic E-state index is 13.4. The van der Waals surface area contributed by atoms with Gasteiger partial charge in [-0.2, -0.15) is 0 Å². The summed E-state index contributed by atoms with van der Waals surface area (Å²) in [5.41, 5.74) is 3.65. The van der Waals surface area contributed by atoms with Crippen molar-refractivity contribution in [3.63, 3.8) is 0 Å². The predicted octanol–water partition coefficient (Wildman–Crippen LogP) is 4.41. The van der Waals surface area contributed by atoms with E-state index in [4.69, 9.17) is 19.2 Å². The number of amidine groups is 1. The molecular weight excluding hydrogens is 552 g/mol. The van der Waals surface area contributed by atoms with Gasteiger partial charge < -0.3 is 24.4 Å². The molecule has 1 N–H and O–H groups in total. The Kier molecular flexibility index (Phi) is 10.1.